The van der Waals surface area contributed by atoms with Crippen molar-refractivity contribution in [1.82, 2.24) is 15.0 Å². The van der Waals surface area contributed by atoms with Gasteiger partial charge in [-0.2, -0.15) is 13.2 Å². The summed E-state index contributed by atoms with van der Waals surface area (Å²) in [5.74, 6) is 0. The van der Waals surface area contributed by atoms with Crippen LogP contribution in [0.25, 0.3) is 11.0 Å². The Hall–Kier alpha value is -1.11. The third-order valence-electron chi connectivity index (χ3n) is 1.81. The first-order valence-corrected chi connectivity index (χ1v) is 4.80. The molecule has 0 unspecified atom stereocenters. The molecular weight excluding hydrogens is 275 g/mol. The summed E-state index contributed by atoms with van der Waals surface area (Å²) in [4.78, 5) is 0. The minimum atomic E-state index is -4.28. The van der Waals surface area contributed by atoms with Gasteiger partial charge in [-0.05, 0) is 18.2 Å². The predicted octanol–water partition coefficient (Wildman–Crippen LogP) is 2.76. The van der Waals surface area contributed by atoms with Gasteiger partial charge >= 0.3 is 6.18 Å². The highest BCUT2D eigenvalue weighted by atomic mass is 79.9. The van der Waals surface area contributed by atoms with Crippen LogP contribution in [-0.2, 0) is 6.54 Å². The molecule has 2 aromatic rings. The van der Waals surface area contributed by atoms with Crippen LogP contribution in [0.1, 0.15) is 0 Å². The van der Waals surface area contributed by atoms with Crippen LogP contribution in [0.3, 0.4) is 0 Å². The van der Waals surface area contributed by atoms with Crippen molar-refractivity contribution >= 4 is 27.0 Å². The van der Waals surface area contributed by atoms with E-state index < -0.39 is 12.7 Å². The number of aromatic nitrogens is 3. The first-order chi connectivity index (χ1) is 6.96. The molecule has 0 saturated heterocycles. The largest absolute Gasteiger partial charge is 0.408 e. The highest BCUT2D eigenvalue weighted by Gasteiger charge is 2.29. The lowest BCUT2D eigenvalue weighted by atomic mass is 10.3. The molecule has 0 atom stereocenters. The van der Waals surface area contributed by atoms with Crippen molar-refractivity contribution in [2.45, 2.75) is 12.7 Å². The van der Waals surface area contributed by atoms with Gasteiger partial charge in [0.05, 0.1) is 5.52 Å². The van der Waals surface area contributed by atoms with Crippen molar-refractivity contribution in [3.63, 3.8) is 0 Å². The van der Waals surface area contributed by atoms with E-state index in [0.717, 1.165) is 9.15 Å². The van der Waals surface area contributed by atoms with E-state index in [1.165, 1.54) is 0 Å². The van der Waals surface area contributed by atoms with Gasteiger partial charge in [0.25, 0.3) is 0 Å². The quantitative estimate of drug-likeness (QED) is 0.804. The lowest BCUT2D eigenvalue weighted by Crippen LogP contribution is -2.18. The van der Waals surface area contributed by atoms with Crippen molar-refractivity contribution in [1.29, 1.82) is 0 Å². The van der Waals surface area contributed by atoms with E-state index in [1.54, 1.807) is 18.2 Å². The number of fused-ring (bicyclic) bond motifs is 1. The maximum absolute atomic E-state index is 12.1. The highest BCUT2D eigenvalue weighted by molar-refractivity contribution is 9.10. The zero-order valence-electron chi connectivity index (χ0n) is 7.29. The second-order valence-corrected chi connectivity index (χ2v) is 3.91. The predicted molar refractivity (Wildman–Crippen MR) is 51.3 cm³/mol. The van der Waals surface area contributed by atoms with Gasteiger partial charge in [0.2, 0.25) is 0 Å². The Morgan fingerprint density at radius 2 is 2.07 bits per heavy atom. The van der Waals surface area contributed by atoms with Crippen LogP contribution in [0, 0.1) is 0 Å². The van der Waals surface area contributed by atoms with Crippen molar-refractivity contribution in [2.24, 2.45) is 0 Å². The van der Waals surface area contributed by atoms with Gasteiger partial charge in [-0.15, -0.1) is 5.10 Å². The van der Waals surface area contributed by atoms with Crippen LogP contribution >= 0.6 is 15.9 Å². The molecule has 7 heteroatoms. The number of rotatable bonds is 1. The van der Waals surface area contributed by atoms with E-state index in [0.29, 0.717) is 11.0 Å². The summed E-state index contributed by atoms with van der Waals surface area (Å²) in [6.45, 7) is -1.12. The Bertz CT molecular complexity index is 491. The molecule has 80 valence electrons. The third-order valence-corrected chi connectivity index (χ3v) is 2.30. The van der Waals surface area contributed by atoms with Gasteiger partial charge < -0.3 is 0 Å². The van der Waals surface area contributed by atoms with Gasteiger partial charge in [-0.3, -0.25) is 0 Å². The van der Waals surface area contributed by atoms with E-state index in [2.05, 4.69) is 26.2 Å². The molecule has 0 aliphatic heterocycles. The summed E-state index contributed by atoms with van der Waals surface area (Å²) < 4.78 is 38.0. The molecular formula is C8H5BrF3N3. The van der Waals surface area contributed by atoms with Gasteiger partial charge in [-0.25, -0.2) is 4.68 Å². The van der Waals surface area contributed by atoms with Crippen LogP contribution in [0.4, 0.5) is 13.2 Å². The summed E-state index contributed by atoms with van der Waals surface area (Å²) in [6.07, 6.45) is -4.28. The van der Waals surface area contributed by atoms with Crippen LogP contribution < -0.4 is 0 Å². The Balaban J connectivity index is 2.45. The van der Waals surface area contributed by atoms with Crippen LogP contribution in [0.15, 0.2) is 22.7 Å². The molecule has 0 fully saturated rings. The molecule has 15 heavy (non-hydrogen) atoms. The molecule has 0 aliphatic carbocycles. The standard InChI is InChI=1S/C8H5BrF3N3/c9-5-1-2-7-6(3-5)13-14-15(7)4-8(10,11)12/h1-3H,4H2. The SMILES string of the molecule is FC(F)(F)Cn1nnc2cc(Br)ccc21. The van der Waals surface area contributed by atoms with Gasteiger partial charge in [0.15, 0.2) is 0 Å². The summed E-state index contributed by atoms with van der Waals surface area (Å²) in [7, 11) is 0. The molecule has 1 aromatic heterocycles. The average molecular weight is 280 g/mol. The molecule has 2 rings (SSSR count). The molecule has 0 radical (unpaired) electrons. The zero-order valence-corrected chi connectivity index (χ0v) is 8.88. The monoisotopic (exact) mass is 279 g/mol. The van der Waals surface area contributed by atoms with Crippen LogP contribution in [0.5, 0.6) is 0 Å². The fourth-order valence-corrected chi connectivity index (χ4v) is 1.58. The lowest BCUT2D eigenvalue weighted by Gasteiger charge is -2.05. The van der Waals surface area contributed by atoms with Crippen molar-refractivity contribution in [2.75, 3.05) is 0 Å². The minimum absolute atomic E-state index is 0.371. The van der Waals surface area contributed by atoms with Crippen molar-refractivity contribution < 1.29 is 13.2 Å². The average Bonchev–Trinajstić information content (AvgIpc) is 2.45. The first kappa shape index (κ1) is 10.4. The number of hydrogen-bond acceptors (Lipinski definition) is 2. The van der Waals surface area contributed by atoms with Crippen LogP contribution in [-0.4, -0.2) is 21.2 Å². The van der Waals surface area contributed by atoms with E-state index in [4.69, 9.17) is 0 Å². The maximum atomic E-state index is 12.1. The fourth-order valence-electron chi connectivity index (χ4n) is 1.23. The summed E-state index contributed by atoms with van der Waals surface area (Å²) in [5, 5.41) is 7.09. The zero-order chi connectivity index (χ0) is 11.1. The third kappa shape index (κ3) is 2.28. The lowest BCUT2D eigenvalue weighted by molar-refractivity contribution is -0.142. The topological polar surface area (TPSA) is 30.7 Å². The molecule has 0 N–H and O–H groups in total. The maximum Gasteiger partial charge on any atom is 0.408 e. The molecule has 0 spiro atoms. The number of alkyl halides is 3. The Kier molecular flexibility index (Phi) is 2.41. The molecule has 3 nitrogen and oxygen atoms in total. The smallest absolute Gasteiger partial charge is 0.235 e. The molecule has 0 aliphatic rings. The Labute approximate surface area is 91.0 Å². The number of nitrogens with zero attached hydrogens (tertiary/aromatic N) is 3. The molecule has 1 aromatic carbocycles. The van der Waals surface area contributed by atoms with Crippen LogP contribution in [0.2, 0.25) is 0 Å². The molecule has 0 saturated carbocycles. The van der Waals surface area contributed by atoms with Crippen molar-refractivity contribution in [3.8, 4) is 0 Å². The van der Waals surface area contributed by atoms with E-state index >= 15 is 0 Å². The fraction of sp³-hybridized carbons (Fsp3) is 0.250. The van der Waals surface area contributed by atoms with Gasteiger partial charge in [0, 0.05) is 4.47 Å². The molecule has 0 amide bonds. The van der Waals surface area contributed by atoms with E-state index in [-0.39, 0.29) is 0 Å². The first-order valence-electron chi connectivity index (χ1n) is 4.01. The van der Waals surface area contributed by atoms with Crippen molar-refractivity contribution in [3.05, 3.63) is 22.7 Å². The molecule has 1 heterocycles. The van der Waals surface area contributed by atoms with Gasteiger partial charge in [0.1, 0.15) is 12.1 Å². The van der Waals surface area contributed by atoms with Gasteiger partial charge in [-0.1, -0.05) is 21.1 Å². The Morgan fingerprint density at radius 3 is 2.73 bits per heavy atom. The summed E-state index contributed by atoms with van der Waals surface area (Å²) in [5.41, 5.74) is 0.809. The number of hydrogen-bond donors (Lipinski definition) is 0. The second-order valence-electron chi connectivity index (χ2n) is 3.00. The van der Waals surface area contributed by atoms with E-state index in [1.807, 2.05) is 0 Å². The number of halogens is 4. The normalized spacial score (nSPS) is 12.3. The summed E-state index contributed by atoms with van der Waals surface area (Å²) >= 11 is 3.20. The Morgan fingerprint density at radius 1 is 1.33 bits per heavy atom. The highest BCUT2D eigenvalue weighted by Crippen LogP contribution is 2.22. The second kappa shape index (κ2) is 3.48. The van der Waals surface area contributed by atoms with E-state index in [9.17, 15) is 13.2 Å². The minimum Gasteiger partial charge on any atom is -0.235 e. The number of benzene rings is 1. The summed E-state index contributed by atoms with van der Waals surface area (Å²) in [6, 6.07) is 4.82. The molecule has 0 bridgehead atoms.